The van der Waals surface area contributed by atoms with Crippen molar-refractivity contribution in [1.82, 2.24) is 4.31 Å². The van der Waals surface area contributed by atoms with Crippen LogP contribution in [0.1, 0.15) is 23.2 Å². The fourth-order valence-corrected chi connectivity index (χ4v) is 5.40. The third-order valence-corrected chi connectivity index (χ3v) is 7.49. The number of hydrogen-bond acceptors (Lipinski definition) is 5. The molecule has 2 saturated heterocycles. The summed E-state index contributed by atoms with van der Waals surface area (Å²) < 4.78 is 32.4. The van der Waals surface area contributed by atoms with Crippen molar-refractivity contribution in [2.45, 2.75) is 17.7 Å². The summed E-state index contributed by atoms with van der Waals surface area (Å²) in [4.78, 5) is 15.3. The molecule has 0 radical (unpaired) electrons. The van der Waals surface area contributed by atoms with Gasteiger partial charge in [-0.05, 0) is 49.2 Å². The van der Waals surface area contributed by atoms with E-state index in [2.05, 4.69) is 10.2 Å². The lowest BCUT2D eigenvalue weighted by Crippen LogP contribution is -2.40. The summed E-state index contributed by atoms with van der Waals surface area (Å²) in [6.07, 6.45) is 2.22. The summed E-state index contributed by atoms with van der Waals surface area (Å²) in [6.45, 7) is 3.21. The number of rotatable bonds is 5. The van der Waals surface area contributed by atoms with Crippen molar-refractivity contribution in [2.75, 3.05) is 49.6 Å². The molecule has 2 aliphatic heterocycles. The van der Waals surface area contributed by atoms with E-state index in [1.54, 1.807) is 24.3 Å². The molecule has 2 aromatic carbocycles. The molecule has 2 aliphatic rings. The van der Waals surface area contributed by atoms with Gasteiger partial charge in [0, 0.05) is 36.8 Å². The first-order chi connectivity index (χ1) is 14.4. The van der Waals surface area contributed by atoms with Crippen LogP contribution in [-0.4, -0.2) is 58.0 Å². The van der Waals surface area contributed by atoms with Crippen molar-refractivity contribution < 1.29 is 17.9 Å². The maximum atomic E-state index is 12.9. The first-order valence-corrected chi connectivity index (χ1v) is 11.8. The molecular weight excluding hydrogens is 426 g/mol. The van der Waals surface area contributed by atoms with Gasteiger partial charge >= 0.3 is 0 Å². The summed E-state index contributed by atoms with van der Waals surface area (Å²) in [6, 6.07) is 11.6. The van der Waals surface area contributed by atoms with Crippen LogP contribution in [0.3, 0.4) is 0 Å². The average Bonchev–Trinajstić information content (AvgIpc) is 3.29. The number of nitrogens with one attached hydrogen (secondary N) is 1. The molecule has 2 heterocycles. The van der Waals surface area contributed by atoms with Gasteiger partial charge in [0.2, 0.25) is 10.0 Å². The third-order valence-electron chi connectivity index (χ3n) is 5.36. The number of hydrogen-bond donors (Lipinski definition) is 1. The molecule has 4 rings (SSSR count). The minimum atomic E-state index is -3.67. The Labute approximate surface area is 181 Å². The molecule has 160 valence electrons. The Bertz CT molecular complexity index is 1030. The number of anilines is 2. The summed E-state index contributed by atoms with van der Waals surface area (Å²) in [7, 11) is -3.67. The number of amides is 1. The topological polar surface area (TPSA) is 79.0 Å². The van der Waals surface area contributed by atoms with E-state index >= 15 is 0 Å². The van der Waals surface area contributed by atoms with Crippen molar-refractivity contribution in [3.63, 3.8) is 0 Å². The van der Waals surface area contributed by atoms with Gasteiger partial charge in [0.15, 0.2) is 0 Å². The second-order valence-corrected chi connectivity index (χ2v) is 9.73. The Balaban J connectivity index is 1.58. The van der Waals surface area contributed by atoms with Gasteiger partial charge in [-0.15, -0.1) is 0 Å². The highest BCUT2D eigenvalue weighted by Crippen LogP contribution is 2.32. The summed E-state index contributed by atoms with van der Waals surface area (Å²) in [5.74, 6) is -0.378. The van der Waals surface area contributed by atoms with Crippen LogP contribution in [0.2, 0.25) is 5.02 Å². The van der Waals surface area contributed by atoms with Crippen molar-refractivity contribution in [2.24, 2.45) is 0 Å². The van der Waals surface area contributed by atoms with E-state index in [1.807, 2.05) is 6.07 Å². The van der Waals surface area contributed by atoms with E-state index in [0.29, 0.717) is 37.0 Å². The van der Waals surface area contributed by atoms with E-state index in [1.165, 1.54) is 16.4 Å². The molecule has 0 saturated carbocycles. The second-order valence-electron chi connectivity index (χ2n) is 7.35. The summed E-state index contributed by atoms with van der Waals surface area (Å²) in [5, 5.41) is 3.43. The minimum absolute atomic E-state index is 0.0999. The van der Waals surface area contributed by atoms with Gasteiger partial charge in [0.1, 0.15) is 0 Å². The molecule has 9 heteroatoms. The first-order valence-electron chi connectivity index (χ1n) is 9.99. The zero-order valence-electron chi connectivity index (χ0n) is 16.5. The van der Waals surface area contributed by atoms with Crippen LogP contribution in [0, 0.1) is 0 Å². The largest absolute Gasteiger partial charge is 0.379 e. The predicted octanol–water partition coefficient (Wildman–Crippen LogP) is 3.21. The fraction of sp³-hybridized carbons (Fsp3) is 0.381. The standard InChI is InChI=1S/C21H24ClN3O4S/c22-17-6-7-20(24-8-1-2-9-24)19(15-17)23-21(26)16-4-3-5-18(14-16)30(27,28)25-10-12-29-13-11-25/h3-7,14-15H,1-2,8-13H2,(H,23,26). The number of carbonyl (C=O) groups excluding carboxylic acids is 1. The lowest BCUT2D eigenvalue weighted by atomic mass is 10.2. The van der Waals surface area contributed by atoms with Gasteiger partial charge in [-0.3, -0.25) is 4.79 Å². The zero-order valence-corrected chi connectivity index (χ0v) is 18.1. The van der Waals surface area contributed by atoms with Crippen molar-refractivity contribution in [3.05, 3.63) is 53.1 Å². The Kier molecular flexibility index (Phi) is 6.29. The Morgan fingerprint density at radius 3 is 2.47 bits per heavy atom. The number of nitrogens with zero attached hydrogens (tertiary/aromatic N) is 2. The van der Waals surface area contributed by atoms with Crippen LogP contribution >= 0.6 is 11.6 Å². The van der Waals surface area contributed by atoms with E-state index in [0.717, 1.165) is 31.6 Å². The highest BCUT2D eigenvalue weighted by molar-refractivity contribution is 7.89. The quantitative estimate of drug-likeness (QED) is 0.758. The maximum absolute atomic E-state index is 12.9. The average molecular weight is 450 g/mol. The molecule has 1 N–H and O–H groups in total. The highest BCUT2D eigenvalue weighted by atomic mass is 35.5. The number of halogens is 1. The van der Waals surface area contributed by atoms with Crippen molar-refractivity contribution in [3.8, 4) is 0 Å². The normalized spacial score (nSPS) is 17.8. The molecule has 1 amide bonds. The molecule has 0 unspecified atom stereocenters. The summed E-state index contributed by atoms with van der Waals surface area (Å²) >= 11 is 6.16. The van der Waals surface area contributed by atoms with Crippen molar-refractivity contribution >= 4 is 38.9 Å². The van der Waals surface area contributed by atoms with Crippen molar-refractivity contribution in [1.29, 1.82) is 0 Å². The number of morpholine rings is 1. The lowest BCUT2D eigenvalue weighted by molar-refractivity contribution is 0.0730. The highest BCUT2D eigenvalue weighted by Gasteiger charge is 2.27. The van der Waals surface area contributed by atoms with Gasteiger partial charge in [0.25, 0.3) is 5.91 Å². The predicted molar refractivity (Wildman–Crippen MR) is 117 cm³/mol. The number of ether oxygens (including phenoxy) is 1. The first kappa shape index (κ1) is 21.1. The molecule has 0 aliphatic carbocycles. The van der Waals surface area contributed by atoms with E-state index < -0.39 is 10.0 Å². The second kappa shape index (κ2) is 8.93. The molecule has 2 fully saturated rings. The van der Waals surface area contributed by atoms with E-state index in [4.69, 9.17) is 16.3 Å². The van der Waals surface area contributed by atoms with Crippen LogP contribution < -0.4 is 10.2 Å². The van der Waals surface area contributed by atoms with Crippen LogP contribution in [0.25, 0.3) is 0 Å². The molecule has 0 atom stereocenters. The maximum Gasteiger partial charge on any atom is 0.255 e. The molecule has 0 bridgehead atoms. The number of carbonyl (C=O) groups is 1. The molecule has 0 aromatic heterocycles. The van der Waals surface area contributed by atoms with Gasteiger partial charge < -0.3 is 15.0 Å². The van der Waals surface area contributed by atoms with Crippen LogP contribution in [0.5, 0.6) is 0 Å². The summed E-state index contributed by atoms with van der Waals surface area (Å²) in [5.41, 5.74) is 1.81. The smallest absolute Gasteiger partial charge is 0.255 e. The zero-order chi connectivity index (χ0) is 21.1. The Hall–Kier alpha value is -2.13. The van der Waals surface area contributed by atoms with Gasteiger partial charge in [-0.25, -0.2) is 8.42 Å². The number of sulfonamides is 1. The molecule has 30 heavy (non-hydrogen) atoms. The van der Waals surface area contributed by atoms with Crippen LogP contribution in [0.15, 0.2) is 47.4 Å². The monoisotopic (exact) mass is 449 g/mol. The van der Waals surface area contributed by atoms with Gasteiger partial charge in [-0.1, -0.05) is 17.7 Å². The van der Waals surface area contributed by atoms with E-state index in [9.17, 15) is 13.2 Å². The third kappa shape index (κ3) is 4.46. The molecule has 2 aromatic rings. The Morgan fingerprint density at radius 1 is 1.00 bits per heavy atom. The SMILES string of the molecule is O=C(Nc1cc(Cl)ccc1N1CCCC1)c1cccc(S(=O)(=O)N2CCOCC2)c1. The van der Waals surface area contributed by atoms with Gasteiger partial charge in [-0.2, -0.15) is 4.31 Å². The molecule has 0 spiro atoms. The fourth-order valence-electron chi connectivity index (χ4n) is 3.77. The molecule has 7 nitrogen and oxygen atoms in total. The lowest BCUT2D eigenvalue weighted by Gasteiger charge is -2.26. The van der Waals surface area contributed by atoms with Crippen LogP contribution in [0.4, 0.5) is 11.4 Å². The van der Waals surface area contributed by atoms with Crippen LogP contribution in [-0.2, 0) is 14.8 Å². The molecular formula is C21H24ClN3O4S. The van der Waals surface area contributed by atoms with Gasteiger partial charge in [0.05, 0.1) is 29.5 Å². The Morgan fingerprint density at radius 2 is 1.73 bits per heavy atom. The van der Waals surface area contributed by atoms with E-state index in [-0.39, 0.29) is 16.4 Å². The minimum Gasteiger partial charge on any atom is -0.379 e. The number of benzene rings is 2.